The summed E-state index contributed by atoms with van der Waals surface area (Å²) in [5, 5.41) is 0. The molecule has 1 nitrogen and oxygen atoms in total. The van der Waals surface area contributed by atoms with E-state index in [-0.39, 0.29) is 0 Å². The molecule has 0 atom stereocenters. The summed E-state index contributed by atoms with van der Waals surface area (Å²) >= 11 is 0. The van der Waals surface area contributed by atoms with Crippen LogP contribution in [0.4, 0.5) is 0 Å². The van der Waals surface area contributed by atoms with Crippen LogP contribution in [-0.2, 0) is 0 Å². The standard InChI is InChI=1S/C15H15N/c1-5-13-9-7-8-10-15(11-13)14(6-2)12-16(3)4/h6,8,10-12H,1-2H2,3-4H3/b14-12+. The third-order valence-corrected chi connectivity index (χ3v) is 1.99. The summed E-state index contributed by atoms with van der Waals surface area (Å²) in [6.45, 7) is 7.43. The molecule has 16 heavy (non-hydrogen) atoms. The lowest BCUT2D eigenvalue weighted by Gasteiger charge is -2.09. The highest BCUT2D eigenvalue weighted by Gasteiger charge is 2.01. The highest BCUT2D eigenvalue weighted by atomic mass is 15.0. The number of rotatable bonds is 3. The van der Waals surface area contributed by atoms with Crippen molar-refractivity contribution in [3.05, 3.63) is 66.1 Å². The fourth-order valence-electron chi connectivity index (χ4n) is 1.29. The maximum Gasteiger partial charge on any atom is 0.0667 e. The molecule has 0 saturated carbocycles. The second-order valence-corrected chi connectivity index (χ2v) is 3.54. The number of nitrogens with zero attached hydrogens (tertiary/aromatic N) is 1. The Hall–Kier alpha value is -2.16. The lowest BCUT2D eigenvalue weighted by molar-refractivity contribution is 0.561. The predicted octanol–water partition coefficient (Wildman–Crippen LogP) is 2.83. The molecule has 0 amide bonds. The molecule has 0 fully saturated rings. The van der Waals surface area contributed by atoms with Crippen LogP contribution in [0.3, 0.4) is 0 Å². The zero-order valence-corrected chi connectivity index (χ0v) is 9.75. The first-order valence-electron chi connectivity index (χ1n) is 4.98. The second kappa shape index (κ2) is 5.66. The molecule has 1 heteroatoms. The van der Waals surface area contributed by atoms with E-state index >= 15 is 0 Å². The summed E-state index contributed by atoms with van der Waals surface area (Å²) in [6.07, 6.45) is 9.58. The molecule has 0 saturated heterocycles. The topological polar surface area (TPSA) is 3.24 Å². The van der Waals surface area contributed by atoms with E-state index in [4.69, 9.17) is 0 Å². The van der Waals surface area contributed by atoms with E-state index in [1.165, 1.54) is 0 Å². The molecule has 0 bridgehead atoms. The van der Waals surface area contributed by atoms with Gasteiger partial charge in [0, 0.05) is 20.3 Å². The average Bonchev–Trinajstić information content (AvgIpc) is 2.50. The van der Waals surface area contributed by atoms with Crippen LogP contribution >= 0.6 is 0 Å². The van der Waals surface area contributed by atoms with E-state index < -0.39 is 0 Å². The highest BCUT2D eigenvalue weighted by Crippen LogP contribution is 2.16. The lowest BCUT2D eigenvalue weighted by Crippen LogP contribution is -2.03. The molecule has 0 aliphatic heterocycles. The van der Waals surface area contributed by atoms with Gasteiger partial charge in [0.05, 0.1) is 5.57 Å². The van der Waals surface area contributed by atoms with Crippen molar-refractivity contribution in [1.82, 2.24) is 4.90 Å². The van der Waals surface area contributed by atoms with Crippen molar-refractivity contribution in [1.29, 1.82) is 0 Å². The van der Waals surface area contributed by atoms with Crippen molar-refractivity contribution >= 4 is 0 Å². The maximum absolute atomic E-state index is 3.81. The highest BCUT2D eigenvalue weighted by molar-refractivity contribution is 5.56. The average molecular weight is 209 g/mol. The molecular weight excluding hydrogens is 194 g/mol. The van der Waals surface area contributed by atoms with Crippen LogP contribution in [-0.4, -0.2) is 19.0 Å². The van der Waals surface area contributed by atoms with Crippen molar-refractivity contribution in [2.45, 2.75) is 0 Å². The Balaban J connectivity index is 3.17. The molecule has 0 aromatic heterocycles. The SMILES string of the molecule is C=C=C1C#CC=CC(/C(C=C)=C/N(C)C)=C1. The lowest BCUT2D eigenvalue weighted by atomic mass is 10.0. The van der Waals surface area contributed by atoms with Crippen LogP contribution in [0.1, 0.15) is 0 Å². The summed E-state index contributed by atoms with van der Waals surface area (Å²) in [5.41, 5.74) is 5.70. The molecule has 1 aliphatic carbocycles. The molecule has 0 aromatic carbocycles. The van der Waals surface area contributed by atoms with Crippen LogP contribution in [0.5, 0.6) is 0 Å². The monoisotopic (exact) mass is 209 g/mol. The van der Waals surface area contributed by atoms with Crippen LogP contribution in [0, 0.1) is 11.8 Å². The molecular formula is C15H15N. The molecule has 80 valence electrons. The molecule has 0 heterocycles. The molecule has 0 aromatic rings. The first-order valence-corrected chi connectivity index (χ1v) is 4.98. The molecule has 0 radical (unpaired) electrons. The Bertz CT molecular complexity index is 481. The molecule has 0 N–H and O–H groups in total. The van der Waals surface area contributed by atoms with E-state index in [2.05, 4.69) is 30.7 Å². The molecule has 1 rings (SSSR count). The third-order valence-electron chi connectivity index (χ3n) is 1.99. The van der Waals surface area contributed by atoms with E-state index in [0.29, 0.717) is 0 Å². The van der Waals surface area contributed by atoms with Crippen molar-refractivity contribution in [2.24, 2.45) is 0 Å². The Labute approximate surface area is 97.5 Å². The van der Waals surface area contributed by atoms with Crippen LogP contribution in [0.2, 0.25) is 0 Å². The quantitative estimate of drug-likeness (QED) is 0.392. The van der Waals surface area contributed by atoms with E-state index in [9.17, 15) is 0 Å². The first kappa shape index (κ1) is 11.9. The Morgan fingerprint density at radius 3 is 2.81 bits per heavy atom. The largest absolute Gasteiger partial charge is 0.383 e. The molecule has 0 unspecified atom stereocenters. The Kier molecular flexibility index (Phi) is 4.21. The van der Waals surface area contributed by atoms with Gasteiger partial charge in [0.15, 0.2) is 0 Å². The Morgan fingerprint density at radius 1 is 1.50 bits per heavy atom. The van der Waals surface area contributed by atoms with Gasteiger partial charge in [-0.1, -0.05) is 31.1 Å². The fourth-order valence-corrected chi connectivity index (χ4v) is 1.29. The predicted molar refractivity (Wildman–Crippen MR) is 69.6 cm³/mol. The summed E-state index contributed by atoms with van der Waals surface area (Å²) < 4.78 is 0. The van der Waals surface area contributed by atoms with E-state index in [1.807, 2.05) is 49.5 Å². The van der Waals surface area contributed by atoms with Gasteiger partial charge < -0.3 is 4.90 Å². The molecule has 1 aliphatic rings. The second-order valence-electron chi connectivity index (χ2n) is 3.54. The third kappa shape index (κ3) is 3.20. The van der Waals surface area contributed by atoms with Gasteiger partial charge in [0.1, 0.15) is 0 Å². The zero-order chi connectivity index (χ0) is 12.0. The smallest absolute Gasteiger partial charge is 0.0667 e. The summed E-state index contributed by atoms with van der Waals surface area (Å²) in [7, 11) is 3.95. The van der Waals surface area contributed by atoms with Crippen molar-refractivity contribution in [3.63, 3.8) is 0 Å². The van der Waals surface area contributed by atoms with Gasteiger partial charge in [-0.2, -0.15) is 0 Å². The van der Waals surface area contributed by atoms with E-state index in [1.54, 1.807) is 0 Å². The van der Waals surface area contributed by atoms with Gasteiger partial charge in [-0.15, -0.1) is 5.73 Å². The summed E-state index contributed by atoms with van der Waals surface area (Å²) in [6, 6.07) is 0. The van der Waals surface area contributed by atoms with Crippen molar-refractivity contribution in [3.8, 4) is 11.8 Å². The molecule has 0 spiro atoms. The maximum atomic E-state index is 3.81. The van der Waals surface area contributed by atoms with Gasteiger partial charge >= 0.3 is 0 Å². The van der Waals surface area contributed by atoms with Gasteiger partial charge in [-0.3, -0.25) is 0 Å². The van der Waals surface area contributed by atoms with Crippen molar-refractivity contribution < 1.29 is 0 Å². The normalized spacial score (nSPS) is 14.2. The van der Waals surface area contributed by atoms with Crippen LogP contribution in [0.25, 0.3) is 0 Å². The van der Waals surface area contributed by atoms with Gasteiger partial charge in [-0.25, -0.2) is 0 Å². The summed E-state index contributed by atoms with van der Waals surface area (Å²) in [5.74, 6) is 5.86. The first-order chi connectivity index (χ1) is 7.67. The van der Waals surface area contributed by atoms with Gasteiger partial charge in [-0.05, 0) is 29.4 Å². The number of allylic oxidation sites excluding steroid dienone is 7. The van der Waals surface area contributed by atoms with Gasteiger partial charge in [0.25, 0.3) is 0 Å². The van der Waals surface area contributed by atoms with Crippen LogP contribution in [0.15, 0.2) is 66.1 Å². The van der Waals surface area contributed by atoms with Gasteiger partial charge in [0.2, 0.25) is 0 Å². The van der Waals surface area contributed by atoms with Crippen LogP contribution < -0.4 is 0 Å². The zero-order valence-electron chi connectivity index (χ0n) is 9.75. The summed E-state index contributed by atoms with van der Waals surface area (Å²) in [4.78, 5) is 1.98. The Morgan fingerprint density at radius 2 is 2.25 bits per heavy atom. The minimum atomic E-state index is 0.798. The number of hydrogen-bond donors (Lipinski definition) is 0. The minimum Gasteiger partial charge on any atom is -0.383 e. The minimum absolute atomic E-state index is 0.798. The van der Waals surface area contributed by atoms with Crippen molar-refractivity contribution in [2.75, 3.05) is 14.1 Å². The van der Waals surface area contributed by atoms with E-state index in [0.717, 1.165) is 16.7 Å². The number of hydrogen-bond acceptors (Lipinski definition) is 1. The fraction of sp³-hybridized carbons (Fsp3) is 0.133.